The number of ether oxygens (including phenoxy) is 2. The Morgan fingerprint density at radius 3 is 2.81 bits per heavy atom. The first-order chi connectivity index (χ1) is 21.0. The number of likely N-dealkylation sites (tertiary alicyclic amines) is 2. The number of amides is 1. The quantitative estimate of drug-likeness (QED) is 0.359. The van der Waals surface area contributed by atoms with Crippen LogP contribution in [0.15, 0.2) is 46.9 Å². The Kier molecular flexibility index (Phi) is 6.30. The lowest BCUT2D eigenvalue weighted by molar-refractivity contribution is 0.0789. The Morgan fingerprint density at radius 1 is 1.14 bits per heavy atom. The van der Waals surface area contributed by atoms with E-state index in [1.807, 2.05) is 16.7 Å². The van der Waals surface area contributed by atoms with Gasteiger partial charge in [0.2, 0.25) is 5.43 Å². The molecule has 222 valence electrons. The summed E-state index contributed by atoms with van der Waals surface area (Å²) >= 11 is 0. The number of benzene rings is 2. The lowest BCUT2D eigenvalue weighted by atomic mass is 9.89. The zero-order valence-corrected chi connectivity index (χ0v) is 24.0. The number of aromatic nitrogens is 1. The van der Waals surface area contributed by atoms with Gasteiger partial charge in [0.15, 0.2) is 17.3 Å². The summed E-state index contributed by atoms with van der Waals surface area (Å²) in [5.74, 6) is 0.425. The monoisotopic (exact) mass is 583 g/mol. The summed E-state index contributed by atoms with van der Waals surface area (Å²) in [7, 11) is 0. The zero-order chi connectivity index (χ0) is 29.2. The minimum atomic E-state index is -0.596. The molecule has 3 aromatic rings. The van der Waals surface area contributed by atoms with Crippen LogP contribution in [-0.2, 0) is 0 Å². The van der Waals surface area contributed by atoms with Crippen LogP contribution in [0.1, 0.15) is 48.0 Å². The lowest BCUT2D eigenvalue weighted by Crippen LogP contribution is -2.35. The molecule has 0 radical (unpaired) electrons. The fourth-order valence-corrected chi connectivity index (χ4v) is 7.12. The average molecular weight is 584 g/mol. The molecule has 43 heavy (non-hydrogen) atoms. The van der Waals surface area contributed by atoms with Crippen molar-refractivity contribution in [3.63, 3.8) is 0 Å². The van der Waals surface area contributed by atoms with Crippen LogP contribution in [0.5, 0.6) is 17.2 Å². The highest BCUT2D eigenvalue weighted by atomic mass is 19.1. The maximum absolute atomic E-state index is 15.9. The number of allylic oxidation sites excluding steroid dienone is 2. The van der Waals surface area contributed by atoms with Gasteiger partial charge in [-0.15, -0.1) is 0 Å². The number of anilines is 1. The van der Waals surface area contributed by atoms with Crippen molar-refractivity contribution in [2.24, 2.45) is 5.73 Å². The van der Waals surface area contributed by atoms with Crippen molar-refractivity contribution in [3.8, 4) is 22.9 Å². The maximum Gasteiger partial charge on any atom is 0.259 e. The van der Waals surface area contributed by atoms with Crippen LogP contribution in [0.3, 0.4) is 0 Å². The molecule has 8 rings (SSSR count). The van der Waals surface area contributed by atoms with Crippen LogP contribution in [-0.4, -0.2) is 72.2 Å². The molecule has 1 atom stereocenters. The Labute approximate surface area is 248 Å². The van der Waals surface area contributed by atoms with Crippen molar-refractivity contribution < 1.29 is 18.7 Å². The van der Waals surface area contributed by atoms with Crippen molar-refractivity contribution >= 4 is 28.1 Å². The third-order valence-electron chi connectivity index (χ3n) is 9.37. The lowest BCUT2D eigenvalue weighted by Gasteiger charge is -2.30. The number of pyridine rings is 1. The van der Waals surface area contributed by atoms with Crippen molar-refractivity contribution in [3.05, 3.63) is 69.3 Å². The van der Waals surface area contributed by atoms with Crippen molar-refractivity contribution in [2.45, 2.75) is 38.1 Å². The Morgan fingerprint density at radius 2 is 2.00 bits per heavy atom. The number of nitrogens with two attached hydrogens (primary N) is 1. The van der Waals surface area contributed by atoms with Gasteiger partial charge >= 0.3 is 0 Å². The number of hydrogen-bond donors (Lipinski definition) is 2. The van der Waals surface area contributed by atoms with Gasteiger partial charge in [-0.05, 0) is 68.5 Å². The van der Waals surface area contributed by atoms with Crippen LogP contribution in [0.4, 0.5) is 10.1 Å². The largest absolute Gasteiger partial charge is 0.488 e. The second-order valence-corrected chi connectivity index (χ2v) is 12.1. The molecular weight excluding hydrogens is 549 g/mol. The highest BCUT2D eigenvalue weighted by Crippen LogP contribution is 2.49. The second-order valence-electron chi connectivity index (χ2n) is 12.1. The first-order valence-electron chi connectivity index (χ1n) is 15.3. The number of halogens is 1. The van der Waals surface area contributed by atoms with Gasteiger partial charge in [0, 0.05) is 50.0 Å². The average Bonchev–Trinajstić information content (AvgIpc) is 3.70. The maximum atomic E-state index is 15.9. The normalized spacial score (nSPS) is 20.5. The predicted molar refractivity (Wildman–Crippen MR) is 163 cm³/mol. The number of nitrogens with zero attached hydrogens (tertiary/aromatic N) is 3. The van der Waals surface area contributed by atoms with Gasteiger partial charge in [-0.25, -0.2) is 4.39 Å². The fourth-order valence-electron chi connectivity index (χ4n) is 7.12. The van der Waals surface area contributed by atoms with Crippen LogP contribution in [0.25, 0.3) is 22.2 Å². The minimum Gasteiger partial charge on any atom is -0.488 e. The molecule has 0 unspecified atom stereocenters. The van der Waals surface area contributed by atoms with E-state index in [0.29, 0.717) is 55.4 Å². The van der Waals surface area contributed by atoms with Crippen molar-refractivity contribution in [1.29, 1.82) is 0 Å². The number of carbonyl (C=O) groups is 1. The van der Waals surface area contributed by atoms with Gasteiger partial charge < -0.3 is 34.9 Å². The standard InChI is InChI=1S/C33H34FN5O4/c34-25-13-23-30-32(29(25)36-8-12-37-9-3-4-10-37)43-28-15-27-22(21-6-2-1-5-19(21)18-42-27)14-26(28)39(30)17-24(31(23)40)33(41)38-11-7-20(35)16-38/h1,5,13-15,17,20,36H,2-4,6-12,16,18,35H2/t20-/m0/s1. The molecule has 9 nitrogen and oxygen atoms in total. The summed E-state index contributed by atoms with van der Waals surface area (Å²) in [6, 6.07) is 4.97. The van der Waals surface area contributed by atoms with Gasteiger partial charge in [-0.2, -0.15) is 0 Å². The summed E-state index contributed by atoms with van der Waals surface area (Å²) in [6.07, 6.45) is 10.7. The molecule has 4 aliphatic heterocycles. The van der Waals surface area contributed by atoms with Gasteiger partial charge in [0.25, 0.3) is 5.91 Å². The van der Waals surface area contributed by atoms with E-state index in [2.05, 4.69) is 22.4 Å². The molecule has 2 fully saturated rings. The molecule has 3 N–H and O–H groups in total. The highest BCUT2D eigenvalue weighted by molar-refractivity contribution is 6.01. The second kappa shape index (κ2) is 10.2. The van der Waals surface area contributed by atoms with E-state index < -0.39 is 17.2 Å². The molecule has 1 amide bonds. The van der Waals surface area contributed by atoms with Gasteiger partial charge in [0.05, 0.1) is 11.1 Å². The number of fused-ring (bicyclic) bond motifs is 4. The Bertz CT molecular complexity index is 1810. The number of rotatable bonds is 5. The molecule has 0 saturated carbocycles. The third-order valence-corrected chi connectivity index (χ3v) is 9.37. The molecule has 0 spiro atoms. The molecule has 10 heteroatoms. The summed E-state index contributed by atoms with van der Waals surface area (Å²) in [5.41, 5.74) is 10.2. The Balaban J connectivity index is 1.30. The smallest absolute Gasteiger partial charge is 0.259 e. The molecule has 1 aromatic heterocycles. The molecule has 1 aliphatic carbocycles. The summed E-state index contributed by atoms with van der Waals surface area (Å²) in [4.78, 5) is 31.5. The van der Waals surface area contributed by atoms with Crippen LogP contribution in [0.2, 0.25) is 0 Å². The summed E-state index contributed by atoms with van der Waals surface area (Å²) < 4.78 is 30.3. The highest BCUT2D eigenvalue weighted by Gasteiger charge is 2.33. The molecule has 5 aliphatic rings. The number of hydrogen-bond acceptors (Lipinski definition) is 7. The summed E-state index contributed by atoms with van der Waals surface area (Å²) in [6.45, 7) is 4.71. The Hall–Kier alpha value is -4.15. The van der Waals surface area contributed by atoms with E-state index >= 15 is 4.39 Å². The van der Waals surface area contributed by atoms with Crippen LogP contribution in [0, 0.1) is 5.82 Å². The van der Waals surface area contributed by atoms with Crippen molar-refractivity contribution in [2.75, 3.05) is 51.2 Å². The van der Waals surface area contributed by atoms with E-state index in [1.165, 1.54) is 24.5 Å². The van der Waals surface area contributed by atoms with Gasteiger partial charge in [-0.3, -0.25) is 9.59 Å². The van der Waals surface area contributed by atoms with E-state index in [-0.39, 0.29) is 28.4 Å². The molecule has 2 saturated heterocycles. The van der Waals surface area contributed by atoms with Gasteiger partial charge in [0.1, 0.15) is 29.1 Å². The van der Waals surface area contributed by atoms with E-state index in [0.717, 1.165) is 43.6 Å². The first kappa shape index (κ1) is 26.5. The first-order valence-corrected chi connectivity index (χ1v) is 15.3. The number of carbonyl (C=O) groups excluding carboxylic acids is 1. The van der Waals surface area contributed by atoms with E-state index in [1.54, 1.807) is 11.1 Å². The SMILES string of the molecule is N[C@H]1CCN(C(=O)c2cn3c4c(c(NCCN5CCCC5)c(F)cc4c2=O)Oc2cc4c(cc2-3)C2=C(C=CCC2)CO4)C1. The van der Waals surface area contributed by atoms with E-state index in [4.69, 9.17) is 15.2 Å². The predicted octanol–water partition coefficient (Wildman–Crippen LogP) is 4.41. The molecule has 0 bridgehead atoms. The van der Waals surface area contributed by atoms with E-state index in [9.17, 15) is 9.59 Å². The molecular formula is C33H34FN5O4. The van der Waals surface area contributed by atoms with Gasteiger partial charge in [-0.1, -0.05) is 12.2 Å². The fraction of sp³-hybridized carbons (Fsp3) is 0.394. The zero-order valence-electron chi connectivity index (χ0n) is 24.0. The topological polar surface area (TPSA) is 102 Å². The van der Waals surface area contributed by atoms with Crippen LogP contribution >= 0.6 is 0 Å². The van der Waals surface area contributed by atoms with Crippen molar-refractivity contribution in [1.82, 2.24) is 14.4 Å². The number of nitrogens with one attached hydrogen (secondary N) is 1. The molecule has 2 aromatic carbocycles. The molecule has 5 heterocycles. The summed E-state index contributed by atoms with van der Waals surface area (Å²) in [5, 5.41) is 3.36. The van der Waals surface area contributed by atoms with Crippen LogP contribution < -0.4 is 26.0 Å². The third kappa shape index (κ3) is 4.34. The minimum absolute atomic E-state index is 0.0102.